The van der Waals surface area contributed by atoms with E-state index in [-0.39, 0.29) is 28.4 Å². The number of ether oxygens (including phenoxy) is 1. The molecule has 8 heteroatoms. The van der Waals surface area contributed by atoms with Gasteiger partial charge in [0.05, 0.1) is 21.4 Å². The van der Waals surface area contributed by atoms with Gasteiger partial charge in [0.15, 0.2) is 9.84 Å². The van der Waals surface area contributed by atoms with Gasteiger partial charge in [0.1, 0.15) is 6.29 Å². The second-order valence-corrected chi connectivity index (χ2v) is 15.5. The van der Waals surface area contributed by atoms with Crippen molar-refractivity contribution in [3.8, 4) is 0 Å². The first-order valence-corrected chi connectivity index (χ1v) is 18.9. The molecule has 6 nitrogen and oxygen atoms in total. The number of carbonyl (C=O) groups is 2. The summed E-state index contributed by atoms with van der Waals surface area (Å²) in [6.07, 6.45) is 22.7. The molecule has 1 aliphatic heterocycles. The van der Waals surface area contributed by atoms with Gasteiger partial charge in [0, 0.05) is 19.1 Å². The van der Waals surface area contributed by atoms with E-state index in [4.69, 9.17) is 4.74 Å². The Balaban J connectivity index is 1.44. The molecule has 1 aliphatic carbocycles. The molecule has 0 aromatic heterocycles. The molecule has 1 amide bonds. The van der Waals surface area contributed by atoms with E-state index in [0.717, 1.165) is 63.2 Å². The van der Waals surface area contributed by atoms with Crippen LogP contribution in [0.5, 0.6) is 0 Å². The Hall–Kier alpha value is -1.64. The van der Waals surface area contributed by atoms with Gasteiger partial charge in [-0.1, -0.05) is 63.3 Å². The summed E-state index contributed by atoms with van der Waals surface area (Å²) in [5, 5.41) is 2.47. The number of rotatable bonds is 22. The minimum Gasteiger partial charge on any atom is -0.381 e. The molecule has 0 bridgehead atoms. The first kappa shape index (κ1) is 35.8. The molecular weight excluding hydrogens is 579 g/mol. The van der Waals surface area contributed by atoms with Crippen LogP contribution in [0.3, 0.4) is 0 Å². The summed E-state index contributed by atoms with van der Waals surface area (Å²) in [6, 6.07) is 6.92. The topological polar surface area (TPSA) is 89.5 Å². The lowest BCUT2D eigenvalue weighted by molar-refractivity contribution is -0.123. The minimum atomic E-state index is -3.27. The van der Waals surface area contributed by atoms with E-state index < -0.39 is 9.84 Å². The molecule has 2 fully saturated rings. The number of allylic oxidation sites excluding steroid dienone is 2. The number of aldehydes is 1. The summed E-state index contributed by atoms with van der Waals surface area (Å²) in [5.74, 6) is -0.141. The molecule has 43 heavy (non-hydrogen) atoms. The SMILES string of the molecule is CCCCCCCC/C=C\CCCC(C=O)CCC(S)NC(=O)C(CC1CCOCC1)c1ccc(S(=O)(=O)C2CC2)cc1. The maximum atomic E-state index is 13.5. The number of thiol groups is 1. The van der Waals surface area contributed by atoms with Gasteiger partial charge in [0.25, 0.3) is 0 Å². The number of unbranched alkanes of at least 4 members (excludes halogenated alkanes) is 7. The van der Waals surface area contributed by atoms with Gasteiger partial charge in [-0.3, -0.25) is 4.79 Å². The van der Waals surface area contributed by atoms with Crippen molar-refractivity contribution in [1.82, 2.24) is 5.32 Å². The summed E-state index contributed by atoms with van der Waals surface area (Å²) < 4.78 is 30.8. The van der Waals surface area contributed by atoms with E-state index in [2.05, 4.69) is 37.0 Å². The van der Waals surface area contributed by atoms with E-state index in [1.807, 2.05) is 0 Å². The van der Waals surface area contributed by atoms with E-state index in [9.17, 15) is 18.0 Å². The van der Waals surface area contributed by atoms with E-state index in [1.54, 1.807) is 24.3 Å². The molecule has 0 radical (unpaired) electrons. The third-order valence-electron chi connectivity index (χ3n) is 8.95. The van der Waals surface area contributed by atoms with Crippen LogP contribution in [0.1, 0.15) is 128 Å². The van der Waals surface area contributed by atoms with Crippen molar-refractivity contribution < 1.29 is 22.7 Å². The highest BCUT2D eigenvalue weighted by molar-refractivity contribution is 7.92. The highest BCUT2D eigenvalue weighted by Gasteiger charge is 2.37. The van der Waals surface area contributed by atoms with Crippen LogP contribution < -0.4 is 5.32 Å². The summed E-state index contributed by atoms with van der Waals surface area (Å²) in [4.78, 5) is 25.6. The molecule has 1 heterocycles. The van der Waals surface area contributed by atoms with Crippen molar-refractivity contribution >= 4 is 34.7 Å². The zero-order valence-electron chi connectivity index (χ0n) is 26.3. The van der Waals surface area contributed by atoms with Crippen LogP contribution in [0.15, 0.2) is 41.3 Å². The summed E-state index contributed by atoms with van der Waals surface area (Å²) in [6.45, 7) is 3.65. The van der Waals surface area contributed by atoms with Crippen LogP contribution >= 0.6 is 12.6 Å². The standard InChI is InChI=1S/C35H55NO5S2/c1-2-3-4-5-6-7-8-9-10-11-12-13-29(27-37)14-21-34(42)36-35(38)33(26-28-22-24-41-25-23-28)30-15-17-31(18-16-30)43(39,40)32-19-20-32/h9-10,15-18,27-29,32-34,42H,2-8,11-14,19-26H2,1H3,(H,36,38)/b10-9-. The molecule has 3 unspecified atom stereocenters. The van der Waals surface area contributed by atoms with Gasteiger partial charge in [0.2, 0.25) is 5.91 Å². The van der Waals surface area contributed by atoms with Crippen LogP contribution in [0.4, 0.5) is 0 Å². The van der Waals surface area contributed by atoms with Crippen LogP contribution in [0, 0.1) is 11.8 Å². The molecule has 2 aliphatic rings. The number of carbonyl (C=O) groups excluding carboxylic acids is 2. The lowest BCUT2D eigenvalue weighted by Gasteiger charge is -2.27. The normalized spacial score (nSPS) is 18.4. The second-order valence-electron chi connectivity index (χ2n) is 12.6. The fourth-order valence-electron chi connectivity index (χ4n) is 5.94. The number of nitrogens with one attached hydrogen (secondary N) is 1. The Morgan fingerprint density at radius 2 is 1.58 bits per heavy atom. The zero-order chi connectivity index (χ0) is 30.9. The third-order valence-corrected chi connectivity index (χ3v) is 11.6. The van der Waals surface area contributed by atoms with Gasteiger partial charge in [-0.15, -0.1) is 0 Å². The van der Waals surface area contributed by atoms with Gasteiger partial charge in [-0.05, 0) is 101 Å². The summed E-state index contributed by atoms with van der Waals surface area (Å²) in [7, 11) is -3.27. The highest BCUT2D eigenvalue weighted by Crippen LogP contribution is 2.35. The molecule has 0 spiro atoms. The third kappa shape index (κ3) is 13.1. The average molecular weight is 634 g/mol. The Morgan fingerprint density at radius 3 is 2.23 bits per heavy atom. The molecule has 3 atom stereocenters. The maximum absolute atomic E-state index is 13.5. The fourth-order valence-corrected chi connectivity index (χ4v) is 7.87. The molecular formula is C35H55NO5S2. The number of amides is 1. The molecule has 1 aromatic carbocycles. The smallest absolute Gasteiger partial charge is 0.228 e. The van der Waals surface area contributed by atoms with Gasteiger partial charge < -0.3 is 14.8 Å². The Morgan fingerprint density at radius 1 is 0.930 bits per heavy atom. The molecule has 1 N–H and O–H groups in total. The Bertz CT molecular complexity index is 1080. The monoisotopic (exact) mass is 633 g/mol. The molecule has 3 rings (SSSR count). The lowest BCUT2D eigenvalue weighted by Crippen LogP contribution is -2.36. The van der Waals surface area contributed by atoms with Gasteiger partial charge in [-0.2, -0.15) is 12.6 Å². The molecule has 242 valence electrons. The predicted octanol–water partition coefficient (Wildman–Crippen LogP) is 7.97. The average Bonchev–Trinajstić information content (AvgIpc) is 3.87. The predicted molar refractivity (Wildman–Crippen MR) is 178 cm³/mol. The highest BCUT2D eigenvalue weighted by atomic mass is 32.2. The minimum absolute atomic E-state index is 0.0301. The van der Waals surface area contributed by atoms with Gasteiger partial charge >= 0.3 is 0 Å². The summed E-state index contributed by atoms with van der Waals surface area (Å²) >= 11 is 4.66. The van der Waals surface area contributed by atoms with E-state index in [1.165, 1.54) is 38.5 Å². The second kappa shape index (κ2) is 19.7. The number of benzene rings is 1. The van der Waals surface area contributed by atoms with Crippen molar-refractivity contribution in [3.63, 3.8) is 0 Å². The molecule has 1 saturated carbocycles. The zero-order valence-corrected chi connectivity index (χ0v) is 28.0. The van der Waals surface area contributed by atoms with Crippen LogP contribution in [-0.4, -0.2) is 44.4 Å². The Labute approximate surface area is 266 Å². The van der Waals surface area contributed by atoms with Crippen molar-refractivity contribution in [2.45, 2.75) is 138 Å². The van der Waals surface area contributed by atoms with E-state index >= 15 is 0 Å². The van der Waals surface area contributed by atoms with Crippen molar-refractivity contribution in [3.05, 3.63) is 42.0 Å². The first-order valence-electron chi connectivity index (χ1n) is 16.9. The molecule has 1 saturated heterocycles. The first-order chi connectivity index (χ1) is 20.8. The van der Waals surface area contributed by atoms with Crippen molar-refractivity contribution in [1.29, 1.82) is 0 Å². The summed E-state index contributed by atoms with van der Waals surface area (Å²) in [5.41, 5.74) is 0.828. The lowest BCUT2D eigenvalue weighted by atomic mass is 9.84. The van der Waals surface area contributed by atoms with Crippen LogP contribution in [0.2, 0.25) is 0 Å². The number of hydrogen-bond donors (Lipinski definition) is 2. The van der Waals surface area contributed by atoms with Crippen molar-refractivity contribution in [2.75, 3.05) is 13.2 Å². The van der Waals surface area contributed by atoms with Crippen molar-refractivity contribution in [2.24, 2.45) is 11.8 Å². The quantitative estimate of drug-likeness (QED) is 0.0445. The largest absolute Gasteiger partial charge is 0.381 e. The fraction of sp³-hybridized carbons (Fsp3) is 0.714. The van der Waals surface area contributed by atoms with Gasteiger partial charge in [-0.25, -0.2) is 8.42 Å². The number of hydrogen-bond acceptors (Lipinski definition) is 6. The van der Waals surface area contributed by atoms with E-state index in [0.29, 0.717) is 43.3 Å². The Kier molecular flexibility index (Phi) is 16.4. The van der Waals surface area contributed by atoms with Crippen LogP contribution in [-0.2, 0) is 24.2 Å². The molecule has 1 aromatic rings. The number of sulfone groups is 1. The maximum Gasteiger partial charge on any atom is 0.228 e. The van der Waals surface area contributed by atoms with Crippen LogP contribution in [0.25, 0.3) is 0 Å².